The van der Waals surface area contributed by atoms with Gasteiger partial charge in [0.05, 0.1) is 21.9 Å². The van der Waals surface area contributed by atoms with Gasteiger partial charge in [0.25, 0.3) is 10.1 Å². The molecule has 3 aromatic rings. The third kappa shape index (κ3) is 6.25. The van der Waals surface area contributed by atoms with Gasteiger partial charge >= 0.3 is 0 Å². The van der Waals surface area contributed by atoms with Crippen LogP contribution in [0.5, 0.6) is 5.75 Å². The third-order valence-electron chi connectivity index (χ3n) is 7.00. The molecule has 9 nitrogen and oxygen atoms in total. The zero-order valence-corrected chi connectivity index (χ0v) is 25.1. The molecule has 1 unspecified atom stereocenters. The summed E-state index contributed by atoms with van der Waals surface area (Å²) in [5.74, 6) is 5.95. The topological polar surface area (TPSA) is 160 Å². The molecule has 43 heavy (non-hydrogen) atoms. The molecule has 0 spiro atoms. The van der Waals surface area contributed by atoms with Crippen molar-refractivity contribution >= 4 is 62.1 Å². The lowest BCUT2D eigenvalue weighted by Gasteiger charge is -2.25. The van der Waals surface area contributed by atoms with Crippen LogP contribution in [0.3, 0.4) is 0 Å². The number of hydrogen-bond acceptors (Lipinski definition) is 8. The fraction of sp³-hybridized carbons (Fsp3) is 0.129. The Labute approximate surface area is 257 Å². The minimum absolute atomic E-state index is 0.0149. The normalized spacial score (nSPS) is 12.8. The number of benzene rings is 4. The average Bonchev–Trinajstić information content (AvgIpc) is 2.96. The maximum Gasteiger partial charge on any atom is 0.295 e. The Morgan fingerprint density at radius 2 is 1.63 bits per heavy atom. The molecular weight excluding hydrogens is 613 g/mol. The molecule has 0 saturated heterocycles. The van der Waals surface area contributed by atoms with Crippen molar-refractivity contribution in [3.05, 3.63) is 98.1 Å². The number of nitrogens with two attached hydrogens (primary N) is 2. The van der Waals surface area contributed by atoms with E-state index in [9.17, 15) is 22.9 Å². The van der Waals surface area contributed by atoms with Gasteiger partial charge in [0.1, 0.15) is 22.0 Å². The van der Waals surface area contributed by atoms with Crippen LogP contribution >= 0.6 is 23.2 Å². The van der Waals surface area contributed by atoms with E-state index >= 15 is 0 Å². The molecule has 0 aromatic heterocycles. The minimum atomic E-state index is -4.76. The van der Waals surface area contributed by atoms with Crippen molar-refractivity contribution in [2.24, 2.45) is 11.6 Å². The van der Waals surface area contributed by atoms with Gasteiger partial charge in [0.2, 0.25) is 5.43 Å². The van der Waals surface area contributed by atoms with Gasteiger partial charge in [-0.1, -0.05) is 73.0 Å². The molecule has 6 N–H and O–H groups in total. The number of phenolic OH excluding ortho intramolecular Hbond substituents is 1. The van der Waals surface area contributed by atoms with Crippen LogP contribution in [0, 0.1) is 0 Å². The van der Waals surface area contributed by atoms with Crippen LogP contribution in [-0.4, -0.2) is 24.2 Å². The van der Waals surface area contributed by atoms with Crippen LogP contribution in [0.1, 0.15) is 30.9 Å². The second-order valence-corrected chi connectivity index (χ2v) is 12.2. The number of fused-ring (bicyclic) bond motifs is 2. The Morgan fingerprint density at radius 1 is 0.953 bits per heavy atom. The molecule has 1 atom stereocenters. The van der Waals surface area contributed by atoms with Crippen molar-refractivity contribution in [3.8, 4) is 28.2 Å². The number of nitrogens with zero attached hydrogens (tertiary/aromatic N) is 1. The zero-order valence-electron chi connectivity index (χ0n) is 22.8. The first kappa shape index (κ1) is 30.6. The summed E-state index contributed by atoms with van der Waals surface area (Å²) >= 11 is 12.4. The Kier molecular flexibility index (Phi) is 8.53. The van der Waals surface area contributed by atoms with Crippen molar-refractivity contribution in [2.75, 3.05) is 5.01 Å². The van der Waals surface area contributed by atoms with Gasteiger partial charge in [-0.15, -0.1) is 0 Å². The summed E-state index contributed by atoms with van der Waals surface area (Å²) in [5, 5.41) is 11.9. The standard InChI is InChI=1S/C31H27Cl2N3O6S/c1-2-3-30(34)36(35)19-9-6-17(7-10-19)4-5-18-8-11-20(29(12-18)43(39,40)41)31-21-13-23(32)25(37)15-27(21)42-28-16-26(38)24(33)14-22(28)31/h4-16,30,37H,2-3,34-35H2,1H3,(H,39,40,41)/b5-4+. The first-order valence-electron chi connectivity index (χ1n) is 13.2. The molecule has 0 radical (unpaired) electrons. The van der Waals surface area contributed by atoms with Crippen LogP contribution < -0.4 is 22.0 Å². The molecule has 5 rings (SSSR count). The van der Waals surface area contributed by atoms with E-state index < -0.39 is 20.4 Å². The highest BCUT2D eigenvalue weighted by molar-refractivity contribution is 7.86. The van der Waals surface area contributed by atoms with E-state index in [1.54, 1.807) is 18.2 Å². The molecule has 1 heterocycles. The molecule has 0 amide bonds. The second kappa shape index (κ2) is 12.0. The highest BCUT2D eigenvalue weighted by Gasteiger charge is 2.25. The van der Waals surface area contributed by atoms with Crippen molar-refractivity contribution in [1.29, 1.82) is 0 Å². The number of rotatable bonds is 8. The van der Waals surface area contributed by atoms with E-state index in [4.69, 9.17) is 39.2 Å². The highest BCUT2D eigenvalue weighted by atomic mass is 35.5. The van der Waals surface area contributed by atoms with Gasteiger partial charge in [0.15, 0.2) is 0 Å². The van der Waals surface area contributed by atoms with Gasteiger partial charge < -0.3 is 15.3 Å². The predicted molar refractivity (Wildman–Crippen MR) is 171 cm³/mol. The molecule has 0 saturated carbocycles. The fourth-order valence-corrected chi connectivity index (χ4v) is 5.89. The summed E-state index contributed by atoms with van der Waals surface area (Å²) < 4.78 is 41.6. The molecule has 2 aliphatic rings. The first-order valence-corrected chi connectivity index (χ1v) is 15.3. The Bertz CT molecular complexity index is 2010. The second-order valence-electron chi connectivity index (χ2n) is 9.97. The lowest BCUT2D eigenvalue weighted by atomic mass is 9.93. The lowest BCUT2D eigenvalue weighted by molar-refractivity contribution is 0.474. The molecule has 0 bridgehead atoms. The van der Waals surface area contributed by atoms with Crippen LogP contribution in [0.25, 0.3) is 45.6 Å². The number of aromatic hydroxyl groups is 1. The fourth-order valence-electron chi connectivity index (χ4n) is 4.83. The van der Waals surface area contributed by atoms with Gasteiger partial charge in [-0.2, -0.15) is 8.42 Å². The van der Waals surface area contributed by atoms with Crippen LogP contribution in [0.15, 0.2) is 80.8 Å². The molecular formula is C31H27Cl2N3O6S. The molecule has 3 aromatic carbocycles. The summed E-state index contributed by atoms with van der Waals surface area (Å²) in [6.45, 7) is 2.03. The maximum absolute atomic E-state index is 12.7. The lowest BCUT2D eigenvalue weighted by Crippen LogP contribution is -2.47. The van der Waals surface area contributed by atoms with E-state index in [2.05, 4.69) is 0 Å². The molecule has 0 fully saturated rings. The highest BCUT2D eigenvalue weighted by Crippen LogP contribution is 2.45. The zero-order chi connectivity index (χ0) is 31.1. The number of phenols is 1. The van der Waals surface area contributed by atoms with E-state index in [0.717, 1.165) is 24.1 Å². The molecule has 222 valence electrons. The number of halogens is 2. The summed E-state index contributed by atoms with van der Waals surface area (Å²) in [6.07, 6.45) is 4.82. The van der Waals surface area contributed by atoms with Crippen molar-refractivity contribution < 1.29 is 22.5 Å². The first-order chi connectivity index (χ1) is 20.4. The van der Waals surface area contributed by atoms with Crippen LogP contribution in [0.4, 0.5) is 5.69 Å². The van der Waals surface area contributed by atoms with Crippen molar-refractivity contribution in [2.45, 2.75) is 30.8 Å². The van der Waals surface area contributed by atoms with Gasteiger partial charge in [-0.05, 0) is 47.9 Å². The Hall–Kier alpha value is -3.90. The SMILES string of the molecule is CCCC(N)N(N)c1ccc(/C=C/c2ccc(-c3c4cc(Cl)c(=O)cc-4oc4cc(O)c(Cl)cc34)c(S(=O)(=O)O)c2)cc1. The van der Waals surface area contributed by atoms with Gasteiger partial charge in [-0.3, -0.25) is 14.4 Å². The summed E-state index contributed by atoms with van der Waals surface area (Å²) in [5.41, 5.74) is 8.47. The van der Waals surface area contributed by atoms with Crippen LogP contribution in [-0.2, 0) is 10.1 Å². The summed E-state index contributed by atoms with van der Waals surface area (Å²) in [4.78, 5) is 11.9. The maximum atomic E-state index is 12.7. The number of hydrogen-bond donors (Lipinski definition) is 4. The van der Waals surface area contributed by atoms with Gasteiger partial charge in [-0.25, -0.2) is 5.84 Å². The quantitative estimate of drug-likeness (QED) is 0.0359. The van der Waals surface area contributed by atoms with Crippen molar-refractivity contribution in [1.82, 2.24) is 0 Å². The van der Waals surface area contributed by atoms with Crippen molar-refractivity contribution in [3.63, 3.8) is 0 Å². The monoisotopic (exact) mass is 639 g/mol. The third-order valence-corrected chi connectivity index (χ3v) is 8.49. The number of hydrazine groups is 1. The largest absolute Gasteiger partial charge is 0.506 e. The average molecular weight is 641 g/mol. The Morgan fingerprint density at radius 3 is 2.30 bits per heavy atom. The minimum Gasteiger partial charge on any atom is -0.506 e. The number of anilines is 1. The molecule has 1 aliphatic heterocycles. The van der Waals surface area contributed by atoms with E-state index in [0.29, 0.717) is 16.5 Å². The smallest absolute Gasteiger partial charge is 0.295 e. The van der Waals surface area contributed by atoms with Gasteiger partial charge in [0, 0.05) is 34.2 Å². The van der Waals surface area contributed by atoms with E-state index in [1.807, 2.05) is 31.2 Å². The van der Waals surface area contributed by atoms with E-state index in [1.165, 1.54) is 41.4 Å². The van der Waals surface area contributed by atoms with Crippen LogP contribution in [0.2, 0.25) is 10.0 Å². The Balaban J connectivity index is 1.62. The molecule has 1 aliphatic carbocycles. The molecule has 12 heteroatoms. The summed E-state index contributed by atoms with van der Waals surface area (Å²) in [7, 11) is -4.76. The summed E-state index contributed by atoms with van der Waals surface area (Å²) in [6, 6.07) is 17.1. The predicted octanol–water partition coefficient (Wildman–Crippen LogP) is 6.76. The van der Waals surface area contributed by atoms with E-state index in [-0.39, 0.29) is 44.4 Å².